The first-order valence-electron chi connectivity index (χ1n) is 9.71. The van der Waals surface area contributed by atoms with E-state index in [4.69, 9.17) is 10.7 Å². The van der Waals surface area contributed by atoms with Crippen LogP contribution in [-0.2, 0) is 11.2 Å². The van der Waals surface area contributed by atoms with Gasteiger partial charge in [0, 0.05) is 29.6 Å². The minimum absolute atomic E-state index is 0.231. The summed E-state index contributed by atoms with van der Waals surface area (Å²) in [5.74, 6) is -0.718. The van der Waals surface area contributed by atoms with Crippen molar-refractivity contribution in [3.63, 3.8) is 0 Å². The average molecular weight is 397 g/mol. The standard InChI is InChI=1S/C23H19N5O2/c24-16-12-15-9-11-28-20(15)17(13-16)19(14-6-2-1-3-7-14)26-21(23(28)30)27-22(29)18-8-4-5-10-25-18/h1-8,10,12-13,21H,9,11,24H2,(H,27,29). The normalized spacial score (nSPS) is 17.2. The molecule has 30 heavy (non-hydrogen) atoms. The number of rotatable bonds is 3. The Balaban J connectivity index is 1.64. The Morgan fingerprint density at radius 3 is 2.67 bits per heavy atom. The largest absolute Gasteiger partial charge is 0.399 e. The van der Waals surface area contributed by atoms with Gasteiger partial charge in [0.2, 0.25) is 6.17 Å². The molecular weight excluding hydrogens is 378 g/mol. The number of nitrogens with zero attached hydrogens (tertiary/aromatic N) is 3. The molecule has 148 valence electrons. The predicted octanol–water partition coefficient (Wildman–Crippen LogP) is 2.16. The number of carbonyl (C=O) groups is 2. The van der Waals surface area contributed by atoms with Crippen molar-refractivity contribution in [2.45, 2.75) is 12.6 Å². The van der Waals surface area contributed by atoms with Gasteiger partial charge in [0.1, 0.15) is 5.69 Å². The number of nitrogen functional groups attached to an aromatic ring is 1. The molecule has 1 aromatic heterocycles. The van der Waals surface area contributed by atoms with E-state index in [-0.39, 0.29) is 11.6 Å². The predicted molar refractivity (Wildman–Crippen MR) is 114 cm³/mol. The maximum absolute atomic E-state index is 13.4. The van der Waals surface area contributed by atoms with E-state index in [0.717, 1.165) is 22.4 Å². The van der Waals surface area contributed by atoms with Gasteiger partial charge in [0.15, 0.2) is 0 Å². The molecule has 0 aliphatic carbocycles. The van der Waals surface area contributed by atoms with Crippen LogP contribution in [0.25, 0.3) is 0 Å². The maximum atomic E-state index is 13.4. The van der Waals surface area contributed by atoms with Gasteiger partial charge in [0.25, 0.3) is 11.8 Å². The van der Waals surface area contributed by atoms with Crippen LogP contribution in [0.1, 0.15) is 27.2 Å². The van der Waals surface area contributed by atoms with E-state index in [1.807, 2.05) is 42.5 Å². The lowest BCUT2D eigenvalue weighted by molar-refractivity contribution is -0.120. The van der Waals surface area contributed by atoms with Crippen LogP contribution in [0.4, 0.5) is 11.4 Å². The quantitative estimate of drug-likeness (QED) is 0.662. The summed E-state index contributed by atoms with van der Waals surface area (Å²) in [4.78, 5) is 36.5. The molecule has 7 heteroatoms. The Labute approximate surface area is 173 Å². The summed E-state index contributed by atoms with van der Waals surface area (Å²) in [6.45, 7) is 0.526. The van der Waals surface area contributed by atoms with Gasteiger partial charge in [-0.2, -0.15) is 0 Å². The zero-order chi connectivity index (χ0) is 20.7. The molecule has 0 saturated heterocycles. The van der Waals surface area contributed by atoms with Crippen molar-refractivity contribution in [3.05, 3.63) is 89.2 Å². The summed E-state index contributed by atoms with van der Waals surface area (Å²) in [6.07, 6.45) is 1.19. The number of aromatic nitrogens is 1. The Hall–Kier alpha value is -4.00. The number of nitrogens with one attached hydrogen (secondary N) is 1. The molecule has 0 radical (unpaired) electrons. The van der Waals surface area contributed by atoms with Gasteiger partial charge < -0.3 is 16.0 Å². The number of hydrogen-bond donors (Lipinski definition) is 2. The van der Waals surface area contributed by atoms with E-state index in [2.05, 4.69) is 10.3 Å². The number of nitrogens with two attached hydrogens (primary N) is 1. The first kappa shape index (κ1) is 18.1. The van der Waals surface area contributed by atoms with Crippen LogP contribution < -0.4 is 16.0 Å². The third-order valence-corrected chi connectivity index (χ3v) is 5.31. The number of amides is 2. The zero-order valence-electron chi connectivity index (χ0n) is 16.1. The molecule has 1 atom stereocenters. The van der Waals surface area contributed by atoms with E-state index >= 15 is 0 Å². The van der Waals surface area contributed by atoms with Gasteiger partial charge in [-0.25, -0.2) is 4.99 Å². The van der Waals surface area contributed by atoms with Gasteiger partial charge in [-0.3, -0.25) is 14.6 Å². The van der Waals surface area contributed by atoms with Crippen molar-refractivity contribution < 1.29 is 9.59 Å². The topological polar surface area (TPSA) is 101 Å². The smallest absolute Gasteiger partial charge is 0.272 e. The summed E-state index contributed by atoms with van der Waals surface area (Å²) in [7, 11) is 0. The van der Waals surface area contributed by atoms with Crippen LogP contribution in [0.3, 0.4) is 0 Å². The molecule has 3 aromatic rings. The highest BCUT2D eigenvalue weighted by Crippen LogP contribution is 2.37. The van der Waals surface area contributed by atoms with Crippen LogP contribution in [0, 0.1) is 0 Å². The van der Waals surface area contributed by atoms with E-state index in [9.17, 15) is 9.59 Å². The molecule has 0 saturated carbocycles. The fourth-order valence-corrected chi connectivity index (χ4v) is 3.99. The summed E-state index contributed by atoms with van der Waals surface area (Å²) in [5, 5.41) is 2.75. The first-order valence-corrected chi connectivity index (χ1v) is 9.71. The van der Waals surface area contributed by atoms with Gasteiger partial charge in [0.05, 0.1) is 11.4 Å². The molecular formula is C23H19N5O2. The molecule has 1 unspecified atom stereocenters. The molecule has 2 aliphatic rings. The highest BCUT2D eigenvalue weighted by molar-refractivity contribution is 6.21. The second-order valence-corrected chi connectivity index (χ2v) is 7.25. The average Bonchev–Trinajstić information content (AvgIpc) is 3.16. The van der Waals surface area contributed by atoms with Crippen molar-refractivity contribution >= 4 is 28.9 Å². The molecule has 0 bridgehead atoms. The van der Waals surface area contributed by atoms with Crippen molar-refractivity contribution in [1.29, 1.82) is 0 Å². The molecule has 2 aromatic carbocycles. The molecule has 2 amide bonds. The highest BCUT2D eigenvalue weighted by Gasteiger charge is 2.37. The lowest BCUT2D eigenvalue weighted by Crippen LogP contribution is -2.47. The number of aliphatic imine (C=N–C) groups is 1. The van der Waals surface area contributed by atoms with Gasteiger partial charge >= 0.3 is 0 Å². The van der Waals surface area contributed by atoms with Crippen LogP contribution >= 0.6 is 0 Å². The fourth-order valence-electron chi connectivity index (χ4n) is 3.99. The van der Waals surface area contributed by atoms with Crippen molar-refractivity contribution in [1.82, 2.24) is 10.3 Å². The number of carbonyl (C=O) groups excluding carboxylic acids is 2. The fraction of sp³-hybridized carbons (Fsp3) is 0.130. The van der Waals surface area contributed by atoms with Gasteiger partial charge in [-0.1, -0.05) is 36.4 Å². The molecule has 3 N–H and O–H groups in total. The van der Waals surface area contributed by atoms with Crippen LogP contribution in [0.5, 0.6) is 0 Å². The highest BCUT2D eigenvalue weighted by atomic mass is 16.2. The molecule has 0 fully saturated rings. The number of hydrogen-bond acceptors (Lipinski definition) is 5. The zero-order valence-corrected chi connectivity index (χ0v) is 16.1. The SMILES string of the molecule is Nc1cc2c3c(c1)C(c1ccccc1)=NC(NC(=O)c1ccccn1)C(=O)N3CC2. The molecule has 0 spiro atoms. The van der Waals surface area contributed by atoms with E-state index in [1.165, 1.54) is 6.20 Å². The second-order valence-electron chi connectivity index (χ2n) is 7.25. The summed E-state index contributed by atoms with van der Waals surface area (Å²) < 4.78 is 0. The molecule has 5 rings (SSSR count). The Kier molecular flexibility index (Phi) is 4.28. The molecule has 7 nitrogen and oxygen atoms in total. The number of benzene rings is 2. The monoisotopic (exact) mass is 397 g/mol. The van der Waals surface area contributed by atoms with Gasteiger partial charge in [-0.05, 0) is 36.2 Å². The van der Waals surface area contributed by atoms with Crippen LogP contribution in [0.15, 0.2) is 71.9 Å². The lowest BCUT2D eigenvalue weighted by atomic mass is 9.97. The summed E-state index contributed by atoms with van der Waals surface area (Å²) >= 11 is 0. The Morgan fingerprint density at radius 2 is 1.90 bits per heavy atom. The Bertz CT molecular complexity index is 1170. The van der Waals surface area contributed by atoms with E-state index in [0.29, 0.717) is 24.4 Å². The first-order chi connectivity index (χ1) is 14.6. The van der Waals surface area contributed by atoms with Crippen molar-refractivity contribution in [2.75, 3.05) is 17.2 Å². The third kappa shape index (κ3) is 3.00. The second kappa shape index (κ2) is 7.11. The van der Waals surface area contributed by atoms with Crippen LogP contribution in [-0.4, -0.2) is 35.2 Å². The minimum atomic E-state index is -1.06. The summed E-state index contributed by atoms with van der Waals surface area (Å²) in [5.41, 5.74) is 11.1. The summed E-state index contributed by atoms with van der Waals surface area (Å²) in [6, 6.07) is 18.4. The maximum Gasteiger partial charge on any atom is 0.272 e. The number of pyridine rings is 1. The third-order valence-electron chi connectivity index (χ3n) is 5.31. The van der Waals surface area contributed by atoms with E-state index in [1.54, 1.807) is 23.1 Å². The Morgan fingerprint density at radius 1 is 1.10 bits per heavy atom. The van der Waals surface area contributed by atoms with E-state index < -0.39 is 12.1 Å². The van der Waals surface area contributed by atoms with Crippen molar-refractivity contribution in [3.8, 4) is 0 Å². The number of anilines is 2. The molecule has 2 aliphatic heterocycles. The van der Waals surface area contributed by atoms with Gasteiger partial charge in [-0.15, -0.1) is 0 Å². The minimum Gasteiger partial charge on any atom is -0.399 e. The van der Waals surface area contributed by atoms with Crippen LogP contribution in [0.2, 0.25) is 0 Å². The van der Waals surface area contributed by atoms with Crippen molar-refractivity contribution in [2.24, 2.45) is 4.99 Å². The lowest BCUT2D eigenvalue weighted by Gasteiger charge is -2.21. The molecule has 3 heterocycles.